The van der Waals surface area contributed by atoms with Crippen molar-refractivity contribution in [1.82, 2.24) is 5.32 Å². The van der Waals surface area contributed by atoms with Gasteiger partial charge in [0.25, 0.3) is 0 Å². The molecule has 0 bridgehead atoms. The van der Waals surface area contributed by atoms with Crippen LogP contribution in [0.2, 0.25) is 0 Å². The lowest BCUT2D eigenvalue weighted by Gasteiger charge is -1.96. The molecule has 1 N–H and O–H groups in total. The smallest absolute Gasteiger partial charge is 0.334 e. The number of aldehydes is 1. The molecule has 0 saturated heterocycles. The summed E-state index contributed by atoms with van der Waals surface area (Å²) in [7, 11) is 1.32. The average Bonchev–Trinajstić information content (AvgIpc) is 2.50. The van der Waals surface area contributed by atoms with Crippen LogP contribution in [0.5, 0.6) is 0 Å². The molecule has 0 aromatic carbocycles. The van der Waals surface area contributed by atoms with Crippen LogP contribution < -0.4 is 5.32 Å². The first kappa shape index (κ1) is 7.94. The van der Waals surface area contributed by atoms with Crippen molar-refractivity contribution >= 4 is 12.3 Å². The Balaban J connectivity index is 2.61. The largest absolute Gasteiger partial charge is 0.466 e. The zero-order valence-corrected chi connectivity index (χ0v) is 6.16. The van der Waals surface area contributed by atoms with Crippen LogP contribution in [0.4, 0.5) is 0 Å². The molecule has 4 nitrogen and oxygen atoms in total. The first-order valence-corrected chi connectivity index (χ1v) is 3.25. The van der Waals surface area contributed by atoms with Crippen molar-refractivity contribution < 1.29 is 14.3 Å². The van der Waals surface area contributed by atoms with Crippen molar-refractivity contribution in [2.45, 2.75) is 6.04 Å². The summed E-state index contributed by atoms with van der Waals surface area (Å²) in [6.07, 6.45) is 2.31. The maximum absolute atomic E-state index is 10.8. The molecule has 0 spiro atoms. The predicted molar refractivity (Wildman–Crippen MR) is 38.0 cm³/mol. The molecule has 1 aliphatic heterocycles. The number of ether oxygens (including phenoxy) is 1. The van der Waals surface area contributed by atoms with Crippen LogP contribution in [0.3, 0.4) is 0 Å². The van der Waals surface area contributed by atoms with Crippen LogP contribution in [0.1, 0.15) is 0 Å². The van der Waals surface area contributed by atoms with Crippen molar-refractivity contribution in [1.29, 1.82) is 0 Å². The van der Waals surface area contributed by atoms with Gasteiger partial charge in [-0.15, -0.1) is 0 Å². The standard InChI is InChI=1S/C7H9NO3/c1-11-7(10)5-2-6(4-9)8-3-5/h2,4,6,8H,3H2,1H3. The molecule has 0 fully saturated rings. The van der Waals surface area contributed by atoms with E-state index < -0.39 is 0 Å². The van der Waals surface area contributed by atoms with E-state index in [1.165, 1.54) is 7.11 Å². The van der Waals surface area contributed by atoms with E-state index in [-0.39, 0.29) is 12.0 Å². The van der Waals surface area contributed by atoms with E-state index in [1.807, 2.05) is 0 Å². The molecule has 1 unspecified atom stereocenters. The van der Waals surface area contributed by atoms with Gasteiger partial charge < -0.3 is 14.8 Å². The second-order valence-corrected chi connectivity index (χ2v) is 2.23. The fourth-order valence-corrected chi connectivity index (χ4v) is 0.921. The number of rotatable bonds is 2. The van der Waals surface area contributed by atoms with Crippen LogP contribution >= 0.6 is 0 Å². The van der Waals surface area contributed by atoms with Crippen molar-refractivity contribution in [3.8, 4) is 0 Å². The first-order chi connectivity index (χ1) is 5.27. The van der Waals surface area contributed by atoms with Crippen LogP contribution in [0, 0.1) is 0 Å². The number of nitrogens with one attached hydrogen (secondary N) is 1. The summed E-state index contributed by atoms with van der Waals surface area (Å²) in [5.41, 5.74) is 0.518. The van der Waals surface area contributed by atoms with Gasteiger partial charge in [-0.25, -0.2) is 4.79 Å². The fourth-order valence-electron chi connectivity index (χ4n) is 0.921. The second-order valence-electron chi connectivity index (χ2n) is 2.23. The van der Waals surface area contributed by atoms with E-state index in [0.29, 0.717) is 12.1 Å². The molecule has 0 aliphatic carbocycles. The minimum absolute atomic E-state index is 0.330. The highest BCUT2D eigenvalue weighted by molar-refractivity contribution is 5.90. The summed E-state index contributed by atoms with van der Waals surface area (Å²) in [6, 6.07) is -0.330. The summed E-state index contributed by atoms with van der Waals surface area (Å²) >= 11 is 0. The molecule has 1 rings (SSSR count). The van der Waals surface area contributed by atoms with Gasteiger partial charge in [0.2, 0.25) is 0 Å². The summed E-state index contributed by atoms with van der Waals surface area (Å²) in [5.74, 6) is -0.373. The topological polar surface area (TPSA) is 55.4 Å². The fraction of sp³-hybridized carbons (Fsp3) is 0.429. The SMILES string of the molecule is COC(=O)C1=CC(C=O)NC1. The van der Waals surface area contributed by atoms with Gasteiger partial charge in [-0.1, -0.05) is 0 Å². The highest BCUT2D eigenvalue weighted by atomic mass is 16.5. The monoisotopic (exact) mass is 155 g/mol. The minimum Gasteiger partial charge on any atom is -0.466 e. The molecule has 0 amide bonds. The normalized spacial score (nSPS) is 22.6. The van der Waals surface area contributed by atoms with Crippen molar-refractivity contribution in [2.24, 2.45) is 0 Å². The van der Waals surface area contributed by atoms with E-state index in [0.717, 1.165) is 6.29 Å². The lowest BCUT2D eigenvalue weighted by atomic mass is 10.2. The Morgan fingerprint density at radius 3 is 3.09 bits per heavy atom. The third kappa shape index (κ3) is 1.65. The third-order valence-electron chi connectivity index (χ3n) is 1.50. The Labute approximate surface area is 64.2 Å². The van der Waals surface area contributed by atoms with E-state index in [2.05, 4.69) is 10.1 Å². The lowest BCUT2D eigenvalue weighted by molar-refractivity contribution is -0.136. The predicted octanol–water partition coefficient (Wildman–Crippen LogP) is -0.744. The van der Waals surface area contributed by atoms with Crippen molar-refractivity contribution in [2.75, 3.05) is 13.7 Å². The third-order valence-corrected chi connectivity index (χ3v) is 1.50. The second kappa shape index (κ2) is 3.30. The molecule has 60 valence electrons. The number of carbonyl (C=O) groups is 2. The summed E-state index contributed by atoms with van der Waals surface area (Å²) in [6.45, 7) is 0.413. The number of hydrogen-bond acceptors (Lipinski definition) is 4. The van der Waals surface area contributed by atoms with Crippen LogP contribution in [0.15, 0.2) is 11.6 Å². The minimum atomic E-state index is -0.373. The molecule has 0 aromatic rings. The van der Waals surface area contributed by atoms with E-state index in [1.54, 1.807) is 6.08 Å². The highest BCUT2D eigenvalue weighted by Gasteiger charge is 2.19. The molecule has 0 radical (unpaired) electrons. The molecule has 1 aliphatic rings. The molecule has 1 atom stereocenters. The molecule has 0 saturated carbocycles. The zero-order chi connectivity index (χ0) is 8.27. The number of esters is 1. The Hall–Kier alpha value is -1.16. The first-order valence-electron chi connectivity index (χ1n) is 3.25. The maximum Gasteiger partial charge on any atom is 0.334 e. The molecule has 4 heteroatoms. The van der Waals surface area contributed by atoms with Gasteiger partial charge in [0, 0.05) is 12.1 Å². The number of methoxy groups -OCH3 is 1. The summed E-state index contributed by atoms with van der Waals surface area (Å²) in [5, 5.41) is 2.81. The van der Waals surface area contributed by atoms with Crippen molar-refractivity contribution in [3.05, 3.63) is 11.6 Å². The molecule has 1 heterocycles. The molecule has 11 heavy (non-hydrogen) atoms. The number of hydrogen-bond donors (Lipinski definition) is 1. The summed E-state index contributed by atoms with van der Waals surface area (Å²) < 4.78 is 4.46. The van der Waals surface area contributed by atoms with Gasteiger partial charge in [-0.2, -0.15) is 0 Å². The number of carbonyl (C=O) groups excluding carboxylic acids is 2. The van der Waals surface area contributed by atoms with Crippen LogP contribution in [0.25, 0.3) is 0 Å². The van der Waals surface area contributed by atoms with Gasteiger partial charge in [0.05, 0.1) is 13.2 Å². The highest BCUT2D eigenvalue weighted by Crippen LogP contribution is 2.04. The molecular formula is C7H9NO3. The van der Waals surface area contributed by atoms with E-state index in [4.69, 9.17) is 0 Å². The van der Waals surface area contributed by atoms with E-state index in [9.17, 15) is 9.59 Å². The van der Waals surface area contributed by atoms with Gasteiger partial charge in [-0.05, 0) is 6.08 Å². The van der Waals surface area contributed by atoms with Gasteiger partial charge >= 0.3 is 5.97 Å². The zero-order valence-electron chi connectivity index (χ0n) is 6.16. The Morgan fingerprint density at radius 1 is 1.91 bits per heavy atom. The lowest BCUT2D eigenvalue weighted by Crippen LogP contribution is -2.23. The quantitative estimate of drug-likeness (QED) is 0.421. The maximum atomic E-state index is 10.8. The Kier molecular flexibility index (Phi) is 2.38. The summed E-state index contributed by atoms with van der Waals surface area (Å²) in [4.78, 5) is 21.0. The van der Waals surface area contributed by atoms with Gasteiger partial charge in [0.15, 0.2) is 0 Å². The Morgan fingerprint density at radius 2 is 2.64 bits per heavy atom. The molecule has 0 aromatic heterocycles. The average molecular weight is 155 g/mol. The van der Waals surface area contributed by atoms with Gasteiger partial charge in [-0.3, -0.25) is 0 Å². The molecular weight excluding hydrogens is 146 g/mol. The van der Waals surface area contributed by atoms with Crippen molar-refractivity contribution in [3.63, 3.8) is 0 Å². The van der Waals surface area contributed by atoms with E-state index >= 15 is 0 Å². The van der Waals surface area contributed by atoms with Crippen LogP contribution in [-0.4, -0.2) is 32.0 Å². The Bertz CT molecular complexity index is 210. The van der Waals surface area contributed by atoms with Crippen LogP contribution in [-0.2, 0) is 14.3 Å². The van der Waals surface area contributed by atoms with Gasteiger partial charge in [0.1, 0.15) is 6.29 Å².